The Balaban J connectivity index is 1.99. The van der Waals surface area contributed by atoms with E-state index in [0.717, 1.165) is 24.8 Å². The molecule has 0 radical (unpaired) electrons. The van der Waals surface area contributed by atoms with Crippen LogP contribution in [0.2, 0.25) is 0 Å². The van der Waals surface area contributed by atoms with Gasteiger partial charge in [-0.2, -0.15) is 0 Å². The van der Waals surface area contributed by atoms with Gasteiger partial charge in [-0.05, 0) is 36.7 Å². The SMILES string of the molecule is CC(C)(C)c1cccc2c1OCCCC2NC1CC1. The average Bonchev–Trinajstić information content (AvgIpc) is 3.16. The molecule has 2 nitrogen and oxygen atoms in total. The Morgan fingerprint density at radius 1 is 1.16 bits per heavy atom. The van der Waals surface area contributed by atoms with Gasteiger partial charge in [-0.15, -0.1) is 0 Å². The maximum atomic E-state index is 6.10. The first-order valence-corrected chi connectivity index (χ1v) is 7.58. The third-order valence-corrected chi connectivity index (χ3v) is 4.13. The smallest absolute Gasteiger partial charge is 0.127 e. The molecule has 1 aliphatic carbocycles. The summed E-state index contributed by atoms with van der Waals surface area (Å²) in [6, 6.07) is 7.88. The molecule has 1 N–H and O–H groups in total. The Bertz CT molecular complexity index is 457. The van der Waals surface area contributed by atoms with Gasteiger partial charge in [0, 0.05) is 17.6 Å². The van der Waals surface area contributed by atoms with Crippen LogP contribution < -0.4 is 10.1 Å². The first kappa shape index (κ1) is 13.0. The molecule has 0 spiro atoms. The van der Waals surface area contributed by atoms with Crippen LogP contribution in [0.15, 0.2) is 18.2 Å². The molecule has 2 aliphatic rings. The lowest BCUT2D eigenvalue weighted by Crippen LogP contribution is -2.23. The zero-order valence-electron chi connectivity index (χ0n) is 12.3. The summed E-state index contributed by atoms with van der Waals surface area (Å²) in [7, 11) is 0. The van der Waals surface area contributed by atoms with E-state index in [9.17, 15) is 0 Å². The molecule has 3 rings (SSSR count). The summed E-state index contributed by atoms with van der Waals surface area (Å²) in [4.78, 5) is 0. The van der Waals surface area contributed by atoms with E-state index in [2.05, 4.69) is 44.3 Å². The lowest BCUT2D eigenvalue weighted by Gasteiger charge is -2.26. The van der Waals surface area contributed by atoms with E-state index in [1.165, 1.54) is 30.4 Å². The molecule has 19 heavy (non-hydrogen) atoms. The maximum Gasteiger partial charge on any atom is 0.127 e. The molecule has 0 bridgehead atoms. The summed E-state index contributed by atoms with van der Waals surface area (Å²) in [6.07, 6.45) is 5.01. The Hall–Kier alpha value is -1.02. The molecule has 104 valence electrons. The summed E-state index contributed by atoms with van der Waals surface area (Å²) >= 11 is 0. The third-order valence-electron chi connectivity index (χ3n) is 4.13. The molecule has 1 aromatic carbocycles. The van der Waals surface area contributed by atoms with Gasteiger partial charge in [0.1, 0.15) is 5.75 Å². The van der Waals surface area contributed by atoms with Crippen molar-refractivity contribution in [1.29, 1.82) is 0 Å². The quantitative estimate of drug-likeness (QED) is 0.868. The van der Waals surface area contributed by atoms with Crippen LogP contribution >= 0.6 is 0 Å². The fourth-order valence-corrected chi connectivity index (χ4v) is 2.91. The third kappa shape index (κ3) is 2.79. The van der Waals surface area contributed by atoms with Crippen molar-refractivity contribution < 1.29 is 4.74 Å². The van der Waals surface area contributed by atoms with E-state index in [1.54, 1.807) is 0 Å². The number of rotatable bonds is 2. The number of para-hydroxylation sites is 1. The fourth-order valence-electron chi connectivity index (χ4n) is 2.91. The van der Waals surface area contributed by atoms with Crippen LogP contribution in [0.1, 0.15) is 63.6 Å². The second kappa shape index (κ2) is 4.82. The maximum absolute atomic E-state index is 6.10. The van der Waals surface area contributed by atoms with E-state index in [1.807, 2.05) is 0 Å². The number of hydrogen-bond acceptors (Lipinski definition) is 2. The molecule has 1 heterocycles. The van der Waals surface area contributed by atoms with Crippen molar-refractivity contribution in [2.75, 3.05) is 6.61 Å². The highest BCUT2D eigenvalue weighted by atomic mass is 16.5. The Kier molecular flexibility index (Phi) is 3.30. The van der Waals surface area contributed by atoms with Gasteiger partial charge < -0.3 is 10.1 Å². The fraction of sp³-hybridized carbons (Fsp3) is 0.647. The van der Waals surface area contributed by atoms with Gasteiger partial charge in [0.25, 0.3) is 0 Å². The number of hydrogen-bond donors (Lipinski definition) is 1. The zero-order valence-corrected chi connectivity index (χ0v) is 12.3. The minimum absolute atomic E-state index is 0.139. The second-order valence-corrected chi connectivity index (χ2v) is 6.96. The molecule has 0 saturated heterocycles. The van der Waals surface area contributed by atoms with Crippen molar-refractivity contribution in [3.63, 3.8) is 0 Å². The second-order valence-electron chi connectivity index (χ2n) is 6.96. The van der Waals surface area contributed by atoms with Crippen molar-refractivity contribution in [1.82, 2.24) is 5.32 Å². The normalized spacial score (nSPS) is 23.4. The van der Waals surface area contributed by atoms with Crippen LogP contribution in [0.25, 0.3) is 0 Å². The predicted octanol–water partition coefficient (Wildman–Crippen LogP) is 3.95. The van der Waals surface area contributed by atoms with E-state index in [0.29, 0.717) is 6.04 Å². The predicted molar refractivity (Wildman–Crippen MR) is 78.8 cm³/mol. The topological polar surface area (TPSA) is 21.3 Å². The summed E-state index contributed by atoms with van der Waals surface area (Å²) in [6.45, 7) is 7.64. The van der Waals surface area contributed by atoms with E-state index >= 15 is 0 Å². The van der Waals surface area contributed by atoms with E-state index in [-0.39, 0.29) is 5.41 Å². The highest BCUT2D eigenvalue weighted by Crippen LogP contribution is 2.40. The van der Waals surface area contributed by atoms with E-state index in [4.69, 9.17) is 4.74 Å². The van der Waals surface area contributed by atoms with Crippen molar-refractivity contribution in [3.05, 3.63) is 29.3 Å². The molecule has 1 atom stereocenters. The summed E-state index contributed by atoms with van der Waals surface area (Å²) in [5.74, 6) is 1.14. The molecule has 2 heteroatoms. The number of fused-ring (bicyclic) bond motifs is 1. The van der Waals surface area contributed by atoms with Gasteiger partial charge >= 0.3 is 0 Å². The first-order valence-electron chi connectivity index (χ1n) is 7.58. The van der Waals surface area contributed by atoms with Gasteiger partial charge in [-0.3, -0.25) is 0 Å². The Morgan fingerprint density at radius 2 is 1.95 bits per heavy atom. The van der Waals surface area contributed by atoms with Crippen molar-refractivity contribution in [3.8, 4) is 5.75 Å². The zero-order chi connectivity index (χ0) is 13.5. The molecule has 1 saturated carbocycles. The van der Waals surface area contributed by atoms with Gasteiger partial charge in [-0.25, -0.2) is 0 Å². The molecular weight excluding hydrogens is 234 g/mol. The number of ether oxygens (including phenoxy) is 1. The number of nitrogens with one attached hydrogen (secondary N) is 1. The van der Waals surface area contributed by atoms with Crippen molar-refractivity contribution in [2.24, 2.45) is 0 Å². The van der Waals surface area contributed by atoms with Crippen LogP contribution in [0, 0.1) is 0 Å². The minimum Gasteiger partial charge on any atom is -0.493 e. The van der Waals surface area contributed by atoms with E-state index < -0.39 is 0 Å². The lowest BCUT2D eigenvalue weighted by molar-refractivity contribution is 0.307. The average molecular weight is 259 g/mol. The van der Waals surface area contributed by atoms with Gasteiger partial charge in [0.05, 0.1) is 6.61 Å². The van der Waals surface area contributed by atoms with Gasteiger partial charge in [-0.1, -0.05) is 39.0 Å². The van der Waals surface area contributed by atoms with Crippen LogP contribution in [-0.2, 0) is 5.41 Å². The lowest BCUT2D eigenvalue weighted by atomic mass is 9.84. The summed E-state index contributed by atoms with van der Waals surface area (Å²) in [5.41, 5.74) is 2.85. The van der Waals surface area contributed by atoms with Crippen LogP contribution in [0.3, 0.4) is 0 Å². The Labute approximate surface area is 116 Å². The van der Waals surface area contributed by atoms with Gasteiger partial charge in [0.2, 0.25) is 0 Å². The van der Waals surface area contributed by atoms with Crippen molar-refractivity contribution >= 4 is 0 Å². The highest BCUT2D eigenvalue weighted by molar-refractivity contribution is 5.47. The van der Waals surface area contributed by atoms with Crippen molar-refractivity contribution in [2.45, 2.75) is 64.0 Å². The molecule has 1 aromatic rings. The minimum atomic E-state index is 0.139. The molecular formula is C17H25NO. The number of benzene rings is 1. The highest BCUT2D eigenvalue weighted by Gasteiger charge is 2.30. The van der Waals surface area contributed by atoms with Crippen LogP contribution in [0.5, 0.6) is 5.75 Å². The standard InChI is InChI=1S/C17H25NO/c1-17(2,3)14-7-4-6-13-15(18-12-9-10-12)8-5-11-19-16(13)14/h4,6-7,12,15,18H,5,8-11H2,1-3H3. The summed E-state index contributed by atoms with van der Waals surface area (Å²) < 4.78 is 6.10. The molecule has 0 amide bonds. The molecule has 0 aromatic heterocycles. The van der Waals surface area contributed by atoms with Gasteiger partial charge in [0.15, 0.2) is 0 Å². The summed E-state index contributed by atoms with van der Waals surface area (Å²) in [5, 5.41) is 3.79. The molecule has 1 aliphatic heterocycles. The monoisotopic (exact) mass is 259 g/mol. The molecule has 1 fully saturated rings. The Morgan fingerprint density at radius 3 is 2.63 bits per heavy atom. The first-order chi connectivity index (χ1) is 9.05. The largest absolute Gasteiger partial charge is 0.493 e. The molecule has 1 unspecified atom stereocenters. The van der Waals surface area contributed by atoms with Crippen LogP contribution in [0.4, 0.5) is 0 Å². The van der Waals surface area contributed by atoms with Crippen LogP contribution in [-0.4, -0.2) is 12.6 Å².